The topological polar surface area (TPSA) is 77.1 Å². The molecule has 1 heterocycles. The minimum atomic E-state index is -0.509. The van der Waals surface area contributed by atoms with Gasteiger partial charge >= 0.3 is 6.09 Å². The number of para-hydroxylation sites is 1. The van der Waals surface area contributed by atoms with Gasteiger partial charge in [0.15, 0.2) is 6.61 Å². The third-order valence-electron chi connectivity index (χ3n) is 4.68. The maximum Gasteiger partial charge on any atom is 0.410 e. The highest BCUT2D eigenvalue weighted by Crippen LogP contribution is 2.23. The second kappa shape index (κ2) is 10.2. The molecule has 2 amide bonds. The molecule has 0 aliphatic carbocycles. The summed E-state index contributed by atoms with van der Waals surface area (Å²) in [4.78, 5) is 26.0. The van der Waals surface area contributed by atoms with E-state index in [0.717, 1.165) is 5.75 Å². The summed E-state index contributed by atoms with van der Waals surface area (Å²) in [6.45, 7) is 6.60. The van der Waals surface area contributed by atoms with Gasteiger partial charge in [-0.1, -0.05) is 18.2 Å². The van der Waals surface area contributed by atoms with Crippen molar-refractivity contribution in [3.05, 3.63) is 54.6 Å². The van der Waals surface area contributed by atoms with Crippen LogP contribution in [0.3, 0.4) is 0 Å². The summed E-state index contributed by atoms with van der Waals surface area (Å²) in [6, 6.07) is 16.7. The van der Waals surface area contributed by atoms with Crippen LogP contribution in [-0.2, 0) is 9.53 Å². The average Bonchev–Trinajstić information content (AvgIpc) is 2.73. The average molecular weight is 427 g/mol. The van der Waals surface area contributed by atoms with Gasteiger partial charge in [-0.25, -0.2) is 4.79 Å². The first-order valence-electron chi connectivity index (χ1n) is 10.5. The molecule has 31 heavy (non-hydrogen) atoms. The molecule has 0 aromatic heterocycles. The Morgan fingerprint density at radius 2 is 1.52 bits per heavy atom. The molecule has 0 atom stereocenters. The Kier molecular flexibility index (Phi) is 7.39. The molecular weight excluding hydrogens is 396 g/mol. The molecule has 1 saturated heterocycles. The van der Waals surface area contributed by atoms with Crippen molar-refractivity contribution in [2.24, 2.45) is 0 Å². The highest BCUT2D eigenvalue weighted by Gasteiger charge is 2.27. The monoisotopic (exact) mass is 426 g/mol. The van der Waals surface area contributed by atoms with E-state index in [1.807, 2.05) is 51.1 Å². The van der Waals surface area contributed by atoms with Gasteiger partial charge in [-0.15, -0.1) is 0 Å². The van der Waals surface area contributed by atoms with Crippen molar-refractivity contribution in [1.82, 2.24) is 10.2 Å². The van der Waals surface area contributed by atoms with Gasteiger partial charge in [-0.3, -0.25) is 4.79 Å². The fourth-order valence-corrected chi connectivity index (χ4v) is 3.18. The Morgan fingerprint density at radius 1 is 0.935 bits per heavy atom. The second-order valence-electron chi connectivity index (χ2n) is 8.48. The Bertz CT molecular complexity index is 854. The number of amides is 2. The number of nitrogens with zero attached hydrogens (tertiary/aromatic N) is 1. The number of rotatable bonds is 6. The maximum atomic E-state index is 12.2. The van der Waals surface area contributed by atoms with Crippen LogP contribution in [0.2, 0.25) is 0 Å². The molecule has 1 aliphatic heterocycles. The fourth-order valence-electron chi connectivity index (χ4n) is 3.18. The van der Waals surface area contributed by atoms with Crippen molar-refractivity contribution in [3.63, 3.8) is 0 Å². The first-order valence-corrected chi connectivity index (χ1v) is 10.5. The number of hydrogen-bond donors (Lipinski definition) is 1. The smallest absolute Gasteiger partial charge is 0.410 e. The summed E-state index contributed by atoms with van der Waals surface area (Å²) in [5, 5.41) is 2.97. The Balaban J connectivity index is 1.37. The molecule has 0 bridgehead atoms. The molecule has 1 aliphatic rings. The lowest BCUT2D eigenvalue weighted by atomic mass is 10.1. The van der Waals surface area contributed by atoms with Crippen LogP contribution >= 0.6 is 0 Å². The van der Waals surface area contributed by atoms with E-state index >= 15 is 0 Å². The van der Waals surface area contributed by atoms with Crippen molar-refractivity contribution < 1.29 is 23.8 Å². The summed E-state index contributed by atoms with van der Waals surface area (Å²) < 4.78 is 16.7. The van der Waals surface area contributed by atoms with Crippen LogP contribution in [0.1, 0.15) is 33.6 Å². The minimum absolute atomic E-state index is 0.0245. The lowest BCUT2D eigenvalue weighted by Crippen LogP contribution is -2.48. The summed E-state index contributed by atoms with van der Waals surface area (Å²) in [6.07, 6.45) is 1.08. The quantitative estimate of drug-likeness (QED) is 0.742. The van der Waals surface area contributed by atoms with Crippen LogP contribution < -0.4 is 14.8 Å². The number of hydrogen-bond acceptors (Lipinski definition) is 5. The normalized spacial score (nSPS) is 14.6. The lowest BCUT2D eigenvalue weighted by molar-refractivity contribution is -0.124. The summed E-state index contributed by atoms with van der Waals surface area (Å²) in [5.74, 6) is 1.86. The number of nitrogens with one attached hydrogen (secondary N) is 1. The number of benzene rings is 2. The zero-order chi connectivity index (χ0) is 22.3. The molecular formula is C24H30N2O5. The van der Waals surface area contributed by atoms with Crippen LogP contribution in [0.15, 0.2) is 54.6 Å². The fraction of sp³-hybridized carbons (Fsp3) is 0.417. The molecule has 2 aromatic carbocycles. The zero-order valence-electron chi connectivity index (χ0n) is 18.3. The summed E-state index contributed by atoms with van der Waals surface area (Å²) in [7, 11) is 0. The number of carbonyl (C=O) groups excluding carboxylic acids is 2. The second-order valence-corrected chi connectivity index (χ2v) is 8.48. The molecule has 3 rings (SSSR count). The van der Waals surface area contributed by atoms with Crippen molar-refractivity contribution in [1.29, 1.82) is 0 Å². The van der Waals surface area contributed by atoms with E-state index in [-0.39, 0.29) is 24.6 Å². The van der Waals surface area contributed by atoms with Gasteiger partial charge in [-0.2, -0.15) is 0 Å². The van der Waals surface area contributed by atoms with E-state index in [2.05, 4.69) is 5.32 Å². The number of ether oxygens (including phenoxy) is 3. The Morgan fingerprint density at radius 3 is 2.13 bits per heavy atom. The van der Waals surface area contributed by atoms with Gasteiger partial charge in [0.25, 0.3) is 5.91 Å². The van der Waals surface area contributed by atoms with Gasteiger partial charge < -0.3 is 24.4 Å². The van der Waals surface area contributed by atoms with Gasteiger partial charge in [0.1, 0.15) is 22.8 Å². The van der Waals surface area contributed by atoms with Crippen molar-refractivity contribution in [3.8, 4) is 17.2 Å². The predicted octanol–water partition coefficient (Wildman–Crippen LogP) is 4.37. The Labute approximate surface area is 183 Å². The van der Waals surface area contributed by atoms with E-state index in [1.54, 1.807) is 29.2 Å². The standard InChI is InChI=1S/C24H30N2O5/c1-24(2,3)31-23(28)26-15-13-18(14-16-26)25-22(27)17-29-19-9-11-21(12-10-19)30-20-7-5-4-6-8-20/h4-12,18H,13-17H2,1-3H3,(H,25,27). The van der Waals surface area contributed by atoms with Gasteiger partial charge in [0.2, 0.25) is 0 Å². The summed E-state index contributed by atoms with van der Waals surface area (Å²) >= 11 is 0. The molecule has 166 valence electrons. The highest BCUT2D eigenvalue weighted by molar-refractivity contribution is 5.78. The number of likely N-dealkylation sites (tertiary alicyclic amines) is 1. The van der Waals surface area contributed by atoms with Crippen LogP contribution in [0, 0.1) is 0 Å². The van der Waals surface area contributed by atoms with Gasteiger partial charge in [0.05, 0.1) is 0 Å². The lowest BCUT2D eigenvalue weighted by Gasteiger charge is -2.33. The van der Waals surface area contributed by atoms with Crippen LogP contribution in [0.4, 0.5) is 4.79 Å². The minimum Gasteiger partial charge on any atom is -0.484 e. The van der Waals surface area contributed by atoms with Crippen LogP contribution in [0.5, 0.6) is 17.2 Å². The molecule has 2 aromatic rings. The van der Waals surface area contributed by atoms with Gasteiger partial charge in [0, 0.05) is 19.1 Å². The van der Waals surface area contributed by atoms with Crippen molar-refractivity contribution in [2.45, 2.75) is 45.3 Å². The first-order chi connectivity index (χ1) is 14.8. The molecule has 0 saturated carbocycles. The van der Waals surface area contributed by atoms with Crippen LogP contribution in [-0.4, -0.2) is 48.2 Å². The van der Waals surface area contributed by atoms with E-state index in [0.29, 0.717) is 37.4 Å². The highest BCUT2D eigenvalue weighted by atomic mass is 16.6. The van der Waals surface area contributed by atoms with E-state index in [9.17, 15) is 9.59 Å². The van der Waals surface area contributed by atoms with Crippen molar-refractivity contribution in [2.75, 3.05) is 19.7 Å². The first kappa shape index (κ1) is 22.5. The van der Waals surface area contributed by atoms with E-state index in [4.69, 9.17) is 14.2 Å². The van der Waals surface area contributed by atoms with Crippen molar-refractivity contribution >= 4 is 12.0 Å². The van der Waals surface area contributed by atoms with Gasteiger partial charge in [-0.05, 0) is 70.0 Å². The van der Waals surface area contributed by atoms with Crippen LogP contribution in [0.25, 0.3) is 0 Å². The SMILES string of the molecule is CC(C)(C)OC(=O)N1CCC(NC(=O)COc2ccc(Oc3ccccc3)cc2)CC1. The molecule has 1 fully saturated rings. The molecule has 0 radical (unpaired) electrons. The molecule has 0 unspecified atom stereocenters. The zero-order valence-corrected chi connectivity index (χ0v) is 18.3. The molecule has 0 spiro atoms. The predicted molar refractivity (Wildman–Crippen MR) is 117 cm³/mol. The molecule has 7 nitrogen and oxygen atoms in total. The number of piperidine rings is 1. The molecule has 7 heteroatoms. The van der Waals surface area contributed by atoms with E-state index in [1.165, 1.54) is 0 Å². The largest absolute Gasteiger partial charge is 0.484 e. The van der Waals surface area contributed by atoms with E-state index < -0.39 is 5.60 Å². The summed E-state index contributed by atoms with van der Waals surface area (Å²) in [5.41, 5.74) is -0.509. The third-order valence-corrected chi connectivity index (χ3v) is 4.68. The Hall–Kier alpha value is -3.22. The third kappa shape index (κ3) is 7.51. The number of carbonyl (C=O) groups is 2. The molecule has 1 N–H and O–H groups in total. The maximum absolute atomic E-state index is 12.2.